The van der Waals surface area contributed by atoms with Crippen molar-refractivity contribution in [3.8, 4) is 0 Å². The van der Waals surface area contributed by atoms with Crippen LogP contribution in [0.5, 0.6) is 0 Å². The van der Waals surface area contributed by atoms with Crippen molar-refractivity contribution in [1.82, 2.24) is 25.5 Å². The van der Waals surface area contributed by atoms with E-state index in [9.17, 15) is 27.9 Å². The zero-order valence-corrected chi connectivity index (χ0v) is 23.5. The Labute approximate surface area is 229 Å². The fraction of sp³-hybridized carbons (Fsp3) is 0.481. The number of aliphatic carboxylic acids is 1. The first kappa shape index (κ1) is 30.2. The van der Waals surface area contributed by atoms with Gasteiger partial charge in [-0.25, -0.2) is 18.6 Å². The van der Waals surface area contributed by atoms with E-state index in [4.69, 9.17) is 0 Å². The van der Waals surface area contributed by atoms with Gasteiger partial charge in [0.1, 0.15) is 18.1 Å². The number of rotatable bonds is 11. The number of pyridine rings is 1. The van der Waals surface area contributed by atoms with Gasteiger partial charge in [-0.15, -0.1) is 0 Å². The molecule has 1 aromatic heterocycles. The quantitative estimate of drug-likeness (QED) is 0.325. The molecule has 1 aliphatic rings. The topological polar surface area (TPSA) is 158 Å². The second-order valence-electron chi connectivity index (χ2n) is 10.0. The molecule has 212 valence electrons. The summed E-state index contributed by atoms with van der Waals surface area (Å²) in [6.45, 7) is 7.25. The second kappa shape index (κ2) is 13.1. The number of hydrogen-bond acceptors (Lipinski definition) is 7. The molecular weight excluding hydrogens is 522 g/mol. The minimum Gasteiger partial charge on any atom is -0.480 e. The number of carboxylic acid groups (broad SMARTS) is 1. The summed E-state index contributed by atoms with van der Waals surface area (Å²) in [5.74, 6) is -2.97. The van der Waals surface area contributed by atoms with Crippen LogP contribution < -0.4 is 15.5 Å². The van der Waals surface area contributed by atoms with Gasteiger partial charge in [0.2, 0.25) is 15.9 Å². The summed E-state index contributed by atoms with van der Waals surface area (Å²) in [7, 11) is -3.89. The van der Waals surface area contributed by atoms with E-state index < -0.39 is 51.9 Å². The first-order chi connectivity index (χ1) is 18.4. The lowest BCUT2D eigenvalue weighted by atomic mass is 10.0. The number of nitrogens with one attached hydrogen (secondary N) is 3. The number of amides is 2. The van der Waals surface area contributed by atoms with Crippen molar-refractivity contribution in [3.05, 3.63) is 47.8 Å². The smallest absolute Gasteiger partial charge is 0.322 e. The number of benzene rings is 1. The van der Waals surface area contributed by atoms with E-state index in [1.54, 1.807) is 26.1 Å². The van der Waals surface area contributed by atoms with E-state index in [1.165, 1.54) is 23.6 Å². The highest BCUT2D eigenvalue weighted by Crippen LogP contribution is 2.17. The van der Waals surface area contributed by atoms with Crippen molar-refractivity contribution in [1.29, 1.82) is 0 Å². The number of carbonyl (C=O) groups is 3. The Balaban J connectivity index is 1.61. The van der Waals surface area contributed by atoms with Crippen LogP contribution in [0.1, 0.15) is 51.8 Å². The highest BCUT2D eigenvalue weighted by molar-refractivity contribution is 7.89. The van der Waals surface area contributed by atoms with E-state index in [-0.39, 0.29) is 5.75 Å². The molecule has 0 unspecified atom stereocenters. The minimum atomic E-state index is -3.89. The predicted molar refractivity (Wildman–Crippen MR) is 149 cm³/mol. The standard InChI is InChI=1S/C27H37N5O6S/c1-5-19-10-11-20-16-28-22(15-21(20)14-19)8-7-13-39(37,38)31-24(17(2)3)25(33)29-18(4)26(34)32-12-6-9-23(30-32)27(35)36/h7-8,10-11,14-18,23-24,30-31H,5-6,9,12-13H2,1-4H3,(H,29,33)(H,35,36)/b8-7+/t18-,23-,24-/m0/s1. The van der Waals surface area contributed by atoms with Crippen LogP contribution >= 0.6 is 0 Å². The monoisotopic (exact) mass is 559 g/mol. The molecule has 2 heterocycles. The SMILES string of the molecule is CCc1ccc2cnc(/C=C/CS(=O)(=O)N[C@H](C(=O)N[C@@H](C)C(=O)N3CCC[C@@H](C(=O)O)N3)C(C)C)cc2c1. The van der Waals surface area contributed by atoms with E-state index in [0.717, 1.165) is 17.2 Å². The van der Waals surface area contributed by atoms with E-state index in [0.29, 0.717) is 25.1 Å². The molecule has 0 radical (unpaired) electrons. The van der Waals surface area contributed by atoms with Gasteiger partial charge < -0.3 is 10.4 Å². The molecule has 1 aromatic carbocycles. The molecule has 0 saturated carbocycles. The average Bonchev–Trinajstić information content (AvgIpc) is 2.90. The molecule has 1 saturated heterocycles. The third-order valence-electron chi connectivity index (χ3n) is 6.55. The summed E-state index contributed by atoms with van der Waals surface area (Å²) in [5, 5.41) is 15.0. The Hall–Kier alpha value is -3.35. The van der Waals surface area contributed by atoms with Gasteiger partial charge in [0, 0.05) is 18.1 Å². The van der Waals surface area contributed by atoms with Gasteiger partial charge in [0.15, 0.2) is 0 Å². The zero-order chi connectivity index (χ0) is 28.7. The fourth-order valence-corrected chi connectivity index (χ4v) is 5.48. The Morgan fingerprint density at radius 2 is 1.95 bits per heavy atom. The maximum Gasteiger partial charge on any atom is 0.322 e. The maximum atomic E-state index is 13.0. The minimum absolute atomic E-state index is 0.307. The zero-order valence-electron chi connectivity index (χ0n) is 22.7. The molecule has 1 aliphatic heterocycles. The summed E-state index contributed by atoms with van der Waals surface area (Å²) >= 11 is 0. The number of hydrazine groups is 1. The Morgan fingerprint density at radius 1 is 1.21 bits per heavy atom. The summed E-state index contributed by atoms with van der Waals surface area (Å²) in [5.41, 5.74) is 4.47. The lowest BCUT2D eigenvalue weighted by molar-refractivity contribution is -0.148. The first-order valence-electron chi connectivity index (χ1n) is 13.1. The predicted octanol–water partition coefficient (Wildman–Crippen LogP) is 1.84. The number of nitrogens with zero attached hydrogens (tertiary/aromatic N) is 2. The van der Waals surface area contributed by atoms with Crippen LogP contribution in [0.15, 0.2) is 36.5 Å². The summed E-state index contributed by atoms with van der Waals surface area (Å²) in [6, 6.07) is 5.05. The van der Waals surface area contributed by atoms with Gasteiger partial charge in [-0.1, -0.05) is 45.0 Å². The summed E-state index contributed by atoms with van der Waals surface area (Å²) < 4.78 is 28.0. The molecule has 2 amide bonds. The number of aromatic nitrogens is 1. The van der Waals surface area contributed by atoms with Crippen molar-refractivity contribution >= 4 is 44.7 Å². The van der Waals surface area contributed by atoms with Gasteiger partial charge in [-0.05, 0) is 55.2 Å². The number of carbonyl (C=O) groups excluding carboxylic acids is 2. The number of carboxylic acids is 1. The van der Waals surface area contributed by atoms with Gasteiger partial charge in [-0.3, -0.25) is 24.4 Å². The van der Waals surface area contributed by atoms with Crippen LogP contribution in [-0.4, -0.2) is 71.7 Å². The molecule has 3 atom stereocenters. The Morgan fingerprint density at radius 3 is 2.62 bits per heavy atom. The van der Waals surface area contributed by atoms with Crippen LogP contribution in [0.2, 0.25) is 0 Å². The molecule has 12 heteroatoms. The molecule has 0 bridgehead atoms. The Kier molecular flexibility index (Phi) is 10.2. The van der Waals surface area contributed by atoms with Crippen LogP contribution in [0.3, 0.4) is 0 Å². The van der Waals surface area contributed by atoms with E-state index in [2.05, 4.69) is 39.5 Å². The maximum absolute atomic E-state index is 13.0. The third-order valence-corrected chi connectivity index (χ3v) is 7.80. The van der Waals surface area contributed by atoms with Gasteiger partial charge >= 0.3 is 5.97 Å². The largest absolute Gasteiger partial charge is 0.480 e. The van der Waals surface area contributed by atoms with Crippen LogP contribution in [0.4, 0.5) is 0 Å². The number of fused-ring (bicyclic) bond motifs is 1. The number of aryl methyl sites for hydroxylation is 1. The molecule has 2 aromatic rings. The van der Waals surface area contributed by atoms with Gasteiger partial charge in [0.05, 0.1) is 11.4 Å². The molecule has 11 nitrogen and oxygen atoms in total. The van der Waals surface area contributed by atoms with E-state index >= 15 is 0 Å². The number of sulfonamides is 1. The molecule has 4 N–H and O–H groups in total. The molecule has 0 aliphatic carbocycles. The summed E-state index contributed by atoms with van der Waals surface area (Å²) in [6.07, 6.45) is 6.64. The average molecular weight is 560 g/mol. The van der Waals surface area contributed by atoms with Crippen molar-refractivity contribution < 1.29 is 27.9 Å². The van der Waals surface area contributed by atoms with Crippen molar-refractivity contribution in [2.75, 3.05) is 12.3 Å². The molecule has 0 spiro atoms. The third kappa shape index (κ3) is 8.32. The Bertz CT molecular complexity index is 1340. The van der Waals surface area contributed by atoms with Gasteiger partial charge in [-0.2, -0.15) is 0 Å². The van der Waals surface area contributed by atoms with Crippen molar-refractivity contribution in [2.24, 2.45) is 5.92 Å². The van der Waals surface area contributed by atoms with Crippen LogP contribution in [0, 0.1) is 5.92 Å². The van der Waals surface area contributed by atoms with Crippen LogP contribution in [0.25, 0.3) is 16.8 Å². The van der Waals surface area contributed by atoms with Gasteiger partial charge in [0.25, 0.3) is 5.91 Å². The lowest BCUT2D eigenvalue weighted by Gasteiger charge is -2.34. The van der Waals surface area contributed by atoms with E-state index in [1.807, 2.05) is 12.1 Å². The first-order valence-corrected chi connectivity index (χ1v) is 14.7. The fourth-order valence-electron chi connectivity index (χ4n) is 4.27. The lowest BCUT2D eigenvalue weighted by Crippen LogP contribution is -2.60. The summed E-state index contributed by atoms with van der Waals surface area (Å²) in [4.78, 5) is 41.3. The molecule has 3 rings (SSSR count). The van der Waals surface area contributed by atoms with Crippen molar-refractivity contribution in [3.63, 3.8) is 0 Å². The molecular formula is C27H37N5O6S. The second-order valence-corrected chi connectivity index (χ2v) is 11.8. The number of hydrogen-bond donors (Lipinski definition) is 4. The highest BCUT2D eigenvalue weighted by atomic mass is 32.2. The highest BCUT2D eigenvalue weighted by Gasteiger charge is 2.33. The normalized spacial score (nSPS) is 17.9. The van der Waals surface area contributed by atoms with Crippen LogP contribution in [-0.2, 0) is 30.8 Å². The van der Waals surface area contributed by atoms with Crippen molar-refractivity contribution in [2.45, 2.75) is 65.1 Å². The molecule has 39 heavy (non-hydrogen) atoms. The molecule has 1 fully saturated rings.